The monoisotopic (exact) mass is 618 g/mol. The zero-order chi connectivity index (χ0) is 23.5. The van der Waals surface area contributed by atoms with E-state index in [2.05, 4.69) is 42.4 Å². The quantitative estimate of drug-likeness (QED) is 0.198. The number of rotatable bonds is 6. The first-order valence-electron chi connectivity index (χ1n) is 8.85. The molecule has 0 aromatic heterocycles. The number of carbonyl (C=O) groups excluding carboxylic acids is 1. The fourth-order valence-electron chi connectivity index (χ4n) is 2.50. The van der Waals surface area contributed by atoms with Crippen LogP contribution in [0.25, 0.3) is 0 Å². The van der Waals surface area contributed by atoms with Crippen molar-refractivity contribution in [3.63, 3.8) is 0 Å². The van der Waals surface area contributed by atoms with Crippen molar-refractivity contribution in [1.82, 2.24) is 5.43 Å². The van der Waals surface area contributed by atoms with Gasteiger partial charge in [0.05, 0.1) is 25.7 Å². The molecule has 3 rings (SSSR count). The van der Waals surface area contributed by atoms with Crippen LogP contribution in [0.15, 0.2) is 73.5 Å². The SMILES string of the molecule is Cc1ccc(S(=O)(=O)Oc2c(Br)cc(/C=N\NC(=O)c3ccc(Cl)cc3Cl)cc2Br)cc1. The van der Waals surface area contributed by atoms with Gasteiger partial charge in [-0.25, -0.2) is 5.43 Å². The number of hydrazone groups is 1. The van der Waals surface area contributed by atoms with E-state index in [-0.39, 0.29) is 21.2 Å². The second-order valence-corrected chi connectivity index (χ2v) is 10.6. The lowest BCUT2D eigenvalue weighted by Crippen LogP contribution is -2.18. The van der Waals surface area contributed by atoms with Crippen LogP contribution in [0, 0.1) is 6.92 Å². The van der Waals surface area contributed by atoms with Gasteiger partial charge in [-0.1, -0.05) is 40.9 Å². The highest BCUT2D eigenvalue weighted by Crippen LogP contribution is 2.36. The van der Waals surface area contributed by atoms with E-state index >= 15 is 0 Å². The van der Waals surface area contributed by atoms with Crippen molar-refractivity contribution in [2.45, 2.75) is 11.8 Å². The van der Waals surface area contributed by atoms with Gasteiger partial charge in [-0.3, -0.25) is 4.79 Å². The Kier molecular flexibility index (Phi) is 8.00. The molecule has 0 atom stereocenters. The minimum atomic E-state index is -4.03. The Morgan fingerprint density at radius 1 is 1.03 bits per heavy atom. The van der Waals surface area contributed by atoms with Gasteiger partial charge in [0.1, 0.15) is 4.90 Å². The van der Waals surface area contributed by atoms with Crippen LogP contribution < -0.4 is 9.61 Å². The summed E-state index contributed by atoms with van der Waals surface area (Å²) >= 11 is 18.5. The number of halogens is 4. The van der Waals surface area contributed by atoms with Gasteiger partial charge in [-0.05, 0) is 86.8 Å². The van der Waals surface area contributed by atoms with Crippen molar-refractivity contribution in [2.75, 3.05) is 0 Å². The van der Waals surface area contributed by atoms with Crippen LogP contribution in [0.1, 0.15) is 21.5 Å². The third-order valence-corrected chi connectivity index (χ3v) is 7.04. The summed E-state index contributed by atoms with van der Waals surface area (Å²) in [7, 11) is -4.03. The molecule has 1 N–H and O–H groups in total. The minimum Gasteiger partial charge on any atom is -0.377 e. The Morgan fingerprint density at radius 2 is 1.66 bits per heavy atom. The Hall–Kier alpha value is -1.91. The van der Waals surface area contributed by atoms with E-state index in [1.807, 2.05) is 6.92 Å². The van der Waals surface area contributed by atoms with E-state index < -0.39 is 16.0 Å². The number of nitrogens with zero attached hydrogens (tertiary/aromatic N) is 1. The van der Waals surface area contributed by atoms with Crippen molar-refractivity contribution >= 4 is 77.3 Å². The van der Waals surface area contributed by atoms with Gasteiger partial charge in [0.15, 0.2) is 5.75 Å². The molecule has 0 spiro atoms. The van der Waals surface area contributed by atoms with Gasteiger partial charge in [0.2, 0.25) is 0 Å². The van der Waals surface area contributed by atoms with Gasteiger partial charge in [0, 0.05) is 5.02 Å². The lowest BCUT2D eigenvalue weighted by molar-refractivity contribution is 0.0955. The van der Waals surface area contributed by atoms with E-state index in [0.717, 1.165) is 5.56 Å². The normalized spacial score (nSPS) is 11.5. The summed E-state index contributed by atoms with van der Waals surface area (Å²) in [4.78, 5) is 12.2. The lowest BCUT2D eigenvalue weighted by atomic mass is 10.2. The van der Waals surface area contributed by atoms with Crippen molar-refractivity contribution in [3.8, 4) is 5.75 Å². The summed E-state index contributed by atoms with van der Waals surface area (Å²) in [6.45, 7) is 1.86. The molecule has 0 fully saturated rings. The molecule has 166 valence electrons. The van der Waals surface area contributed by atoms with Crippen molar-refractivity contribution in [1.29, 1.82) is 0 Å². The topological polar surface area (TPSA) is 84.8 Å². The van der Waals surface area contributed by atoms with Crippen LogP contribution in [0.4, 0.5) is 0 Å². The highest BCUT2D eigenvalue weighted by Gasteiger charge is 2.20. The molecule has 6 nitrogen and oxygen atoms in total. The van der Waals surface area contributed by atoms with Crippen LogP contribution in [0.3, 0.4) is 0 Å². The zero-order valence-corrected chi connectivity index (χ0v) is 21.8. The maximum Gasteiger partial charge on any atom is 0.339 e. The smallest absolute Gasteiger partial charge is 0.339 e. The highest BCUT2D eigenvalue weighted by atomic mass is 79.9. The molecule has 11 heteroatoms. The Labute approximate surface area is 212 Å². The number of carbonyl (C=O) groups is 1. The molecule has 0 saturated carbocycles. The van der Waals surface area contributed by atoms with Crippen molar-refractivity contribution < 1.29 is 17.4 Å². The van der Waals surface area contributed by atoms with Gasteiger partial charge >= 0.3 is 10.1 Å². The zero-order valence-electron chi connectivity index (χ0n) is 16.3. The molecule has 0 saturated heterocycles. The molecule has 3 aromatic rings. The van der Waals surface area contributed by atoms with Crippen LogP contribution in [0.5, 0.6) is 5.75 Å². The van der Waals surface area contributed by atoms with Gasteiger partial charge in [0.25, 0.3) is 5.91 Å². The summed E-state index contributed by atoms with van der Waals surface area (Å²) in [5.74, 6) is -0.426. The minimum absolute atomic E-state index is 0.0381. The first-order chi connectivity index (χ1) is 15.1. The van der Waals surface area contributed by atoms with Crippen LogP contribution >= 0.6 is 55.1 Å². The Morgan fingerprint density at radius 3 is 2.25 bits per heavy atom. The van der Waals surface area contributed by atoms with E-state index in [4.69, 9.17) is 27.4 Å². The van der Waals surface area contributed by atoms with E-state index in [0.29, 0.717) is 19.5 Å². The average Bonchev–Trinajstić information content (AvgIpc) is 2.71. The summed E-state index contributed by atoms with van der Waals surface area (Å²) in [6, 6.07) is 14.0. The second kappa shape index (κ2) is 10.4. The predicted molar refractivity (Wildman–Crippen MR) is 132 cm³/mol. The first-order valence-corrected chi connectivity index (χ1v) is 12.6. The van der Waals surface area contributed by atoms with Gasteiger partial charge in [-0.2, -0.15) is 13.5 Å². The predicted octanol–water partition coefficient (Wildman–Crippen LogP) is 6.36. The largest absolute Gasteiger partial charge is 0.377 e. The molecule has 0 aliphatic heterocycles. The van der Waals surface area contributed by atoms with Crippen LogP contribution in [-0.2, 0) is 10.1 Å². The number of hydrogen-bond donors (Lipinski definition) is 1. The maximum atomic E-state index is 12.6. The number of benzene rings is 3. The number of aryl methyl sites for hydroxylation is 1. The van der Waals surface area contributed by atoms with Gasteiger partial charge < -0.3 is 4.18 Å². The summed E-state index contributed by atoms with van der Waals surface area (Å²) < 4.78 is 31.2. The third-order valence-electron chi connectivity index (χ3n) is 4.08. The Balaban J connectivity index is 1.75. The van der Waals surface area contributed by atoms with Crippen LogP contribution in [-0.4, -0.2) is 20.5 Å². The van der Waals surface area contributed by atoms with Crippen molar-refractivity contribution in [3.05, 3.63) is 90.3 Å². The molecule has 0 heterocycles. The van der Waals surface area contributed by atoms with Crippen molar-refractivity contribution in [2.24, 2.45) is 5.10 Å². The molecular weight excluding hydrogens is 607 g/mol. The maximum absolute atomic E-state index is 12.6. The molecule has 32 heavy (non-hydrogen) atoms. The number of hydrogen-bond acceptors (Lipinski definition) is 5. The van der Waals surface area contributed by atoms with Gasteiger partial charge in [-0.15, -0.1) is 0 Å². The standard InChI is InChI=1S/C21H14Br2Cl2N2O4S/c1-12-2-5-15(6-3-12)32(29,30)31-20-17(22)8-13(9-18(20)23)11-26-27-21(28)16-7-4-14(24)10-19(16)25/h2-11H,1H3,(H,27,28)/b26-11-. The van der Waals surface area contributed by atoms with E-state index in [1.165, 1.54) is 30.5 Å². The third kappa shape index (κ3) is 6.11. The molecule has 0 bridgehead atoms. The van der Waals surface area contributed by atoms with Crippen LogP contribution in [0.2, 0.25) is 10.0 Å². The fraction of sp³-hybridized carbons (Fsp3) is 0.0476. The summed E-state index contributed by atoms with van der Waals surface area (Å²) in [5.41, 5.74) is 4.09. The molecule has 0 aliphatic rings. The number of amides is 1. The molecule has 0 unspecified atom stereocenters. The molecule has 0 radical (unpaired) electrons. The molecule has 3 aromatic carbocycles. The highest BCUT2D eigenvalue weighted by molar-refractivity contribution is 9.11. The summed E-state index contributed by atoms with van der Waals surface area (Å²) in [6.07, 6.45) is 1.38. The fourth-order valence-corrected chi connectivity index (χ4v) is 5.55. The lowest BCUT2D eigenvalue weighted by Gasteiger charge is -2.11. The summed E-state index contributed by atoms with van der Waals surface area (Å²) in [5, 5.41) is 4.52. The molecule has 0 aliphatic carbocycles. The van der Waals surface area contributed by atoms with E-state index in [9.17, 15) is 13.2 Å². The molecule has 1 amide bonds. The van der Waals surface area contributed by atoms with E-state index in [1.54, 1.807) is 30.3 Å². The Bertz CT molecular complexity index is 1290. The first kappa shape index (κ1) is 24.7. The second-order valence-electron chi connectivity index (χ2n) is 6.49. The number of nitrogens with one attached hydrogen (secondary N) is 1. The average molecular weight is 621 g/mol. The molecular formula is C21H14Br2Cl2N2O4S.